The van der Waals surface area contributed by atoms with Crippen LogP contribution in [0.25, 0.3) is 11.1 Å². The molecule has 2 atom stereocenters. The van der Waals surface area contributed by atoms with E-state index in [9.17, 15) is 0 Å². The molecule has 0 aliphatic heterocycles. The van der Waals surface area contributed by atoms with Crippen molar-refractivity contribution < 1.29 is 28.4 Å². The maximum atomic E-state index is 5.87. The number of methoxy groups -OCH3 is 6. The van der Waals surface area contributed by atoms with Gasteiger partial charge in [-0.25, -0.2) is 0 Å². The molecule has 2 aromatic carbocycles. The van der Waals surface area contributed by atoms with E-state index in [2.05, 4.69) is 13.8 Å². The van der Waals surface area contributed by atoms with Gasteiger partial charge in [-0.2, -0.15) is 0 Å². The predicted molar refractivity (Wildman–Crippen MR) is 112 cm³/mol. The number of benzene rings is 2. The van der Waals surface area contributed by atoms with Crippen LogP contribution in [-0.2, 0) is 6.42 Å². The number of hydrogen-bond donors (Lipinski definition) is 0. The number of ether oxygens (including phenoxy) is 6. The highest BCUT2D eigenvalue weighted by Crippen LogP contribution is 2.57. The first-order chi connectivity index (χ1) is 14.0. The van der Waals surface area contributed by atoms with Crippen molar-refractivity contribution in [1.82, 2.24) is 0 Å². The van der Waals surface area contributed by atoms with Crippen molar-refractivity contribution in [2.24, 2.45) is 5.92 Å². The van der Waals surface area contributed by atoms with Crippen molar-refractivity contribution in [3.8, 4) is 45.6 Å². The number of hydrogen-bond acceptors (Lipinski definition) is 6. The van der Waals surface area contributed by atoms with Crippen molar-refractivity contribution in [1.29, 1.82) is 0 Å². The molecule has 0 saturated heterocycles. The highest BCUT2D eigenvalue weighted by Gasteiger charge is 2.35. The molecular formula is C23H30O6. The summed E-state index contributed by atoms with van der Waals surface area (Å²) < 4.78 is 34.3. The first-order valence-electron chi connectivity index (χ1n) is 9.62. The molecule has 3 rings (SSSR count). The molecule has 1 aliphatic carbocycles. The molecule has 0 bridgehead atoms. The fraction of sp³-hybridized carbons (Fsp3) is 0.478. The van der Waals surface area contributed by atoms with Gasteiger partial charge < -0.3 is 28.4 Å². The maximum absolute atomic E-state index is 5.87. The minimum atomic E-state index is 0.257. The van der Waals surface area contributed by atoms with E-state index in [1.165, 1.54) is 0 Å². The SMILES string of the molecule is COc1cc2c(c(OC)c1OC)-c1c(cc(OC)c(OC)c1OC)[C@@H](C)[C@H](C)C2. The Morgan fingerprint density at radius 2 is 1.10 bits per heavy atom. The zero-order chi connectivity index (χ0) is 21.3. The highest BCUT2D eigenvalue weighted by molar-refractivity contribution is 5.89. The largest absolute Gasteiger partial charge is 0.493 e. The first kappa shape index (κ1) is 21.0. The summed E-state index contributed by atoms with van der Waals surface area (Å²) in [4.78, 5) is 0. The van der Waals surface area contributed by atoms with Crippen LogP contribution in [0, 0.1) is 5.92 Å². The standard InChI is InChI=1S/C23H30O6/c1-12-9-14-10-16(24-3)20(26-5)22(28-7)18(14)19-15(13(12)2)11-17(25-4)21(27-6)23(19)29-8/h10-13H,9H2,1-8H3/t12-,13+/m1/s1. The van der Waals surface area contributed by atoms with Crippen LogP contribution in [0.3, 0.4) is 0 Å². The topological polar surface area (TPSA) is 55.4 Å². The summed E-state index contributed by atoms with van der Waals surface area (Å²) in [6.45, 7) is 4.47. The molecular weight excluding hydrogens is 372 g/mol. The van der Waals surface area contributed by atoms with E-state index in [0.29, 0.717) is 40.4 Å². The molecule has 158 valence electrons. The van der Waals surface area contributed by atoms with Crippen LogP contribution in [0.4, 0.5) is 0 Å². The van der Waals surface area contributed by atoms with E-state index in [-0.39, 0.29) is 5.92 Å². The fourth-order valence-corrected chi connectivity index (χ4v) is 4.26. The van der Waals surface area contributed by atoms with Gasteiger partial charge in [0.15, 0.2) is 23.0 Å². The lowest BCUT2D eigenvalue weighted by atomic mass is 9.85. The molecule has 0 spiro atoms. The van der Waals surface area contributed by atoms with Crippen molar-refractivity contribution in [2.45, 2.75) is 26.2 Å². The third-order valence-electron chi connectivity index (χ3n) is 5.91. The molecule has 0 amide bonds. The van der Waals surface area contributed by atoms with Crippen molar-refractivity contribution in [3.05, 3.63) is 23.3 Å². The summed E-state index contributed by atoms with van der Waals surface area (Å²) in [6, 6.07) is 4.08. The second-order valence-corrected chi connectivity index (χ2v) is 7.26. The summed E-state index contributed by atoms with van der Waals surface area (Å²) in [6.07, 6.45) is 0.857. The average molecular weight is 402 g/mol. The molecule has 0 radical (unpaired) electrons. The number of rotatable bonds is 6. The zero-order valence-electron chi connectivity index (χ0n) is 18.5. The molecule has 0 fully saturated rings. The Labute approximate surface area is 172 Å². The van der Waals surface area contributed by atoms with Crippen LogP contribution in [0.2, 0.25) is 0 Å². The summed E-state index contributed by atoms with van der Waals surface area (Å²) in [7, 11) is 9.78. The van der Waals surface area contributed by atoms with Crippen molar-refractivity contribution in [2.75, 3.05) is 42.7 Å². The van der Waals surface area contributed by atoms with E-state index in [1.807, 2.05) is 12.1 Å². The Morgan fingerprint density at radius 1 is 0.621 bits per heavy atom. The van der Waals surface area contributed by atoms with E-state index in [0.717, 1.165) is 28.7 Å². The smallest absolute Gasteiger partial charge is 0.203 e. The Kier molecular flexibility index (Phi) is 6.01. The van der Waals surface area contributed by atoms with Gasteiger partial charge in [0.2, 0.25) is 11.5 Å². The van der Waals surface area contributed by atoms with E-state index >= 15 is 0 Å². The van der Waals surface area contributed by atoms with Crippen LogP contribution in [0.1, 0.15) is 30.9 Å². The average Bonchev–Trinajstić information content (AvgIpc) is 2.85. The quantitative estimate of drug-likeness (QED) is 0.698. The maximum Gasteiger partial charge on any atom is 0.203 e. The monoisotopic (exact) mass is 402 g/mol. The van der Waals surface area contributed by atoms with Gasteiger partial charge in [0.25, 0.3) is 0 Å². The van der Waals surface area contributed by atoms with E-state index in [1.54, 1.807) is 42.7 Å². The lowest BCUT2D eigenvalue weighted by Gasteiger charge is -2.24. The van der Waals surface area contributed by atoms with Crippen LogP contribution < -0.4 is 28.4 Å². The lowest BCUT2D eigenvalue weighted by Crippen LogP contribution is -2.08. The molecule has 0 saturated carbocycles. The fourth-order valence-electron chi connectivity index (χ4n) is 4.26. The van der Waals surface area contributed by atoms with Crippen molar-refractivity contribution >= 4 is 0 Å². The number of fused-ring (bicyclic) bond motifs is 3. The molecule has 0 heterocycles. The third kappa shape index (κ3) is 3.20. The summed E-state index contributed by atoms with van der Waals surface area (Å²) in [5.74, 6) is 4.27. The van der Waals surface area contributed by atoms with Gasteiger partial charge >= 0.3 is 0 Å². The highest BCUT2D eigenvalue weighted by atomic mass is 16.5. The Bertz CT molecular complexity index is 905. The summed E-state index contributed by atoms with van der Waals surface area (Å²) >= 11 is 0. The van der Waals surface area contributed by atoms with Crippen molar-refractivity contribution in [3.63, 3.8) is 0 Å². The molecule has 0 aromatic heterocycles. The Balaban J connectivity index is 2.53. The molecule has 6 heteroatoms. The summed E-state index contributed by atoms with van der Waals surface area (Å²) in [5, 5.41) is 0. The predicted octanol–water partition coefficient (Wildman–Crippen LogP) is 4.70. The molecule has 0 N–H and O–H groups in total. The van der Waals surface area contributed by atoms with Gasteiger partial charge in [0, 0.05) is 11.1 Å². The molecule has 29 heavy (non-hydrogen) atoms. The van der Waals surface area contributed by atoms with Crippen LogP contribution in [-0.4, -0.2) is 42.7 Å². The first-order valence-corrected chi connectivity index (χ1v) is 9.62. The van der Waals surface area contributed by atoms with Gasteiger partial charge in [-0.3, -0.25) is 0 Å². The lowest BCUT2D eigenvalue weighted by molar-refractivity contribution is 0.321. The second kappa shape index (κ2) is 8.31. The van der Waals surface area contributed by atoms with E-state index < -0.39 is 0 Å². The zero-order valence-corrected chi connectivity index (χ0v) is 18.5. The van der Waals surface area contributed by atoms with Crippen LogP contribution in [0.5, 0.6) is 34.5 Å². The Morgan fingerprint density at radius 3 is 1.59 bits per heavy atom. The third-order valence-corrected chi connectivity index (χ3v) is 5.91. The van der Waals surface area contributed by atoms with Crippen LogP contribution >= 0.6 is 0 Å². The minimum absolute atomic E-state index is 0.257. The summed E-state index contributed by atoms with van der Waals surface area (Å²) in [5.41, 5.74) is 4.11. The van der Waals surface area contributed by atoms with E-state index in [4.69, 9.17) is 28.4 Å². The van der Waals surface area contributed by atoms with Gasteiger partial charge in [-0.1, -0.05) is 13.8 Å². The van der Waals surface area contributed by atoms with Gasteiger partial charge in [0.05, 0.1) is 42.7 Å². The second-order valence-electron chi connectivity index (χ2n) is 7.26. The molecule has 0 unspecified atom stereocenters. The molecule has 2 aromatic rings. The van der Waals surface area contributed by atoms with Gasteiger partial charge in [0.1, 0.15) is 0 Å². The van der Waals surface area contributed by atoms with Gasteiger partial charge in [-0.05, 0) is 41.5 Å². The minimum Gasteiger partial charge on any atom is -0.493 e. The molecule has 6 nitrogen and oxygen atoms in total. The Hall–Kier alpha value is -2.76. The van der Waals surface area contributed by atoms with Crippen LogP contribution in [0.15, 0.2) is 12.1 Å². The normalized spacial score (nSPS) is 17.5. The van der Waals surface area contributed by atoms with Gasteiger partial charge in [-0.15, -0.1) is 0 Å². The molecule has 1 aliphatic rings.